The van der Waals surface area contributed by atoms with Crippen LogP contribution in [0.25, 0.3) is 22.7 Å². The molecule has 0 aliphatic rings. The molecule has 16 radical (unpaired) electrons. The third-order valence-electron chi connectivity index (χ3n) is 4.87. The first-order chi connectivity index (χ1) is 12.6. The summed E-state index contributed by atoms with van der Waals surface area (Å²) >= 11 is 0. The standard InChI is InChI=1S/C17H7B8NO/c1-3-5-4(2)6-7(18)17(27)14(25)13(24)15(6)26(5)16-11(22)9(20)8(19)10(21)12(16)23/h3,27H,1H2,2H3. The highest BCUT2D eigenvalue weighted by molar-refractivity contribution is 6.68. The van der Waals surface area contributed by atoms with Gasteiger partial charge in [-0.25, -0.2) is 0 Å². The molecule has 0 unspecified atom stereocenters. The number of benzene rings is 2. The van der Waals surface area contributed by atoms with Crippen molar-refractivity contribution in [2.75, 3.05) is 0 Å². The highest BCUT2D eigenvalue weighted by Crippen LogP contribution is 2.27. The lowest BCUT2D eigenvalue weighted by Gasteiger charge is -2.24. The van der Waals surface area contributed by atoms with Crippen molar-refractivity contribution >= 4 is 123 Å². The zero-order chi connectivity index (χ0) is 20.4. The number of nitrogens with zero attached hydrogens (tertiary/aromatic N) is 1. The highest BCUT2D eigenvalue weighted by atomic mass is 16.3. The van der Waals surface area contributed by atoms with Gasteiger partial charge < -0.3 is 9.67 Å². The molecule has 27 heavy (non-hydrogen) atoms. The minimum Gasteiger partial charge on any atom is -0.509 e. The number of phenols is 1. The van der Waals surface area contributed by atoms with E-state index in [9.17, 15) is 5.11 Å². The van der Waals surface area contributed by atoms with Crippen LogP contribution in [0.5, 0.6) is 5.75 Å². The number of phenolic OH excluding ortho intramolecular Hbond substituents is 1. The Bertz CT molecular complexity index is 1120. The predicted octanol–water partition coefficient (Wildman–Crippen LogP) is -5.36. The third-order valence-corrected chi connectivity index (χ3v) is 4.87. The van der Waals surface area contributed by atoms with Crippen LogP contribution in [0.3, 0.4) is 0 Å². The van der Waals surface area contributed by atoms with E-state index in [1.807, 2.05) is 0 Å². The molecule has 10 heteroatoms. The zero-order valence-corrected chi connectivity index (χ0v) is 14.8. The summed E-state index contributed by atoms with van der Waals surface area (Å²) < 4.78 is 1.62. The van der Waals surface area contributed by atoms with E-state index in [0.717, 1.165) is 0 Å². The van der Waals surface area contributed by atoms with Crippen LogP contribution in [-0.2, 0) is 0 Å². The molecular formula is C17H7B8NO. The first-order valence-electron chi connectivity index (χ1n) is 7.90. The maximum Gasteiger partial charge on any atom is 0.119 e. The van der Waals surface area contributed by atoms with Crippen LogP contribution in [-0.4, -0.2) is 72.4 Å². The average molecular weight is 328 g/mol. The molecule has 0 spiro atoms. The quantitative estimate of drug-likeness (QED) is 0.467. The Balaban J connectivity index is 2.69. The van der Waals surface area contributed by atoms with E-state index in [2.05, 4.69) is 6.58 Å². The second-order valence-electron chi connectivity index (χ2n) is 6.28. The second-order valence-corrected chi connectivity index (χ2v) is 6.28. The summed E-state index contributed by atoms with van der Waals surface area (Å²) in [5.74, 6) is -0.298. The molecule has 0 fully saturated rings. The number of rotatable bonds is 2. The molecule has 110 valence electrons. The van der Waals surface area contributed by atoms with Crippen LogP contribution in [0.4, 0.5) is 0 Å². The van der Waals surface area contributed by atoms with Crippen LogP contribution in [0, 0.1) is 6.92 Å². The summed E-state index contributed by atoms with van der Waals surface area (Å²) in [6.07, 6.45) is 1.57. The van der Waals surface area contributed by atoms with Gasteiger partial charge in [0.2, 0.25) is 0 Å². The van der Waals surface area contributed by atoms with Crippen LogP contribution < -0.4 is 43.7 Å². The molecule has 0 saturated heterocycles. The van der Waals surface area contributed by atoms with Crippen LogP contribution in [0.2, 0.25) is 0 Å². The topological polar surface area (TPSA) is 25.2 Å². The molecule has 1 aromatic heterocycles. The second kappa shape index (κ2) is 6.58. The molecular weight excluding hydrogens is 321 g/mol. The van der Waals surface area contributed by atoms with Gasteiger partial charge in [-0.05, 0) is 29.4 Å². The Labute approximate surface area is 169 Å². The monoisotopic (exact) mass is 329 g/mol. The van der Waals surface area contributed by atoms with Crippen molar-refractivity contribution in [3.63, 3.8) is 0 Å². The smallest absolute Gasteiger partial charge is 0.119 e. The normalized spacial score (nSPS) is 11.1. The van der Waals surface area contributed by atoms with Crippen molar-refractivity contribution in [3.8, 4) is 11.4 Å². The van der Waals surface area contributed by atoms with E-state index in [-0.39, 0.29) is 55.1 Å². The van der Waals surface area contributed by atoms with Gasteiger partial charge in [0.15, 0.2) is 0 Å². The molecule has 0 amide bonds. The minimum atomic E-state index is -0.298. The van der Waals surface area contributed by atoms with Gasteiger partial charge in [0.1, 0.15) is 68.5 Å². The van der Waals surface area contributed by atoms with E-state index in [1.54, 1.807) is 17.6 Å². The van der Waals surface area contributed by atoms with Crippen molar-refractivity contribution in [2.45, 2.75) is 6.92 Å². The lowest BCUT2D eigenvalue weighted by molar-refractivity contribution is 0.485. The Hall–Kier alpha value is -1.96. The van der Waals surface area contributed by atoms with Crippen LogP contribution in [0.1, 0.15) is 11.3 Å². The van der Waals surface area contributed by atoms with Crippen molar-refractivity contribution in [1.29, 1.82) is 0 Å². The molecule has 3 rings (SSSR count). The minimum absolute atomic E-state index is 0.0668. The number of hydrogen-bond donors (Lipinski definition) is 1. The molecule has 0 saturated carbocycles. The maximum atomic E-state index is 10.2. The van der Waals surface area contributed by atoms with Crippen molar-refractivity contribution < 1.29 is 5.11 Å². The fraction of sp³-hybridized carbons (Fsp3) is 0.0588. The lowest BCUT2D eigenvalue weighted by Crippen LogP contribution is -2.56. The van der Waals surface area contributed by atoms with Gasteiger partial charge in [0.25, 0.3) is 0 Å². The molecule has 3 aromatic rings. The van der Waals surface area contributed by atoms with Gasteiger partial charge in [-0.1, -0.05) is 28.4 Å². The Morgan fingerprint density at radius 3 is 1.70 bits per heavy atom. The fourth-order valence-corrected chi connectivity index (χ4v) is 3.36. The Morgan fingerprint density at radius 1 is 0.741 bits per heavy atom. The molecule has 0 aliphatic carbocycles. The van der Waals surface area contributed by atoms with E-state index in [4.69, 9.17) is 62.8 Å². The van der Waals surface area contributed by atoms with Gasteiger partial charge in [-0.15, -0.1) is 16.4 Å². The molecule has 0 aliphatic heterocycles. The average Bonchev–Trinajstić information content (AvgIpc) is 2.93. The SMILES string of the molecule is [B]c1c([B])c([B])c(-n2c(C=C)c(C)c3c([B])c(O)c([B])c([B])c32)c([B])c1[B]. The summed E-state index contributed by atoms with van der Waals surface area (Å²) in [4.78, 5) is 0. The zero-order valence-electron chi connectivity index (χ0n) is 14.8. The summed E-state index contributed by atoms with van der Waals surface area (Å²) in [5, 5.41) is 10.7. The molecule has 1 heterocycles. The Morgan fingerprint density at radius 2 is 1.22 bits per heavy atom. The molecule has 0 bridgehead atoms. The first kappa shape index (κ1) is 19.8. The molecule has 0 atom stereocenters. The molecule has 1 N–H and O–H groups in total. The number of aromatic nitrogens is 1. The highest BCUT2D eigenvalue weighted by Gasteiger charge is 2.23. The molecule has 2 nitrogen and oxygen atoms in total. The van der Waals surface area contributed by atoms with Gasteiger partial charge in [0.05, 0.1) is 0 Å². The maximum absolute atomic E-state index is 10.2. The van der Waals surface area contributed by atoms with Crippen LogP contribution >= 0.6 is 0 Å². The number of hydrogen-bond acceptors (Lipinski definition) is 1. The first-order valence-corrected chi connectivity index (χ1v) is 7.90. The number of fused-ring (bicyclic) bond motifs is 1. The van der Waals surface area contributed by atoms with Gasteiger partial charge >= 0.3 is 0 Å². The number of aromatic hydroxyl groups is 1. The largest absolute Gasteiger partial charge is 0.509 e. The predicted molar refractivity (Wildman–Crippen MR) is 123 cm³/mol. The van der Waals surface area contributed by atoms with E-state index < -0.39 is 0 Å². The van der Waals surface area contributed by atoms with Gasteiger partial charge in [-0.2, -0.15) is 0 Å². The van der Waals surface area contributed by atoms with E-state index >= 15 is 0 Å². The van der Waals surface area contributed by atoms with Crippen LogP contribution in [0.15, 0.2) is 6.58 Å². The number of aryl methyl sites for hydroxylation is 1. The van der Waals surface area contributed by atoms with E-state index in [1.165, 1.54) is 0 Å². The summed E-state index contributed by atoms with van der Waals surface area (Å²) in [6, 6.07) is 0. The fourth-order valence-electron chi connectivity index (χ4n) is 3.36. The molecule has 2 aromatic carbocycles. The van der Waals surface area contributed by atoms with Crippen molar-refractivity contribution in [1.82, 2.24) is 4.57 Å². The summed E-state index contributed by atoms with van der Waals surface area (Å²) in [6.45, 7) is 5.62. The Kier molecular flexibility index (Phi) is 4.82. The van der Waals surface area contributed by atoms with E-state index in [0.29, 0.717) is 22.2 Å². The summed E-state index contributed by atoms with van der Waals surface area (Å²) in [5.41, 5.74) is 2.55. The van der Waals surface area contributed by atoms with Gasteiger partial charge in [0, 0.05) is 16.9 Å². The third kappa shape index (κ3) is 2.52. The lowest BCUT2D eigenvalue weighted by atomic mass is 9.61. The summed E-state index contributed by atoms with van der Waals surface area (Å²) in [7, 11) is 48.6. The van der Waals surface area contributed by atoms with Gasteiger partial charge in [-0.3, -0.25) is 0 Å². The van der Waals surface area contributed by atoms with Crippen molar-refractivity contribution in [3.05, 3.63) is 17.8 Å². The van der Waals surface area contributed by atoms with Crippen molar-refractivity contribution in [2.24, 2.45) is 0 Å².